The lowest BCUT2D eigenvalue weighted by molar-refractivity contribution is -0.155. The van der Waals surface area contributed by atoms with E-state index in [2.05, 4.69) is 0 Å². The summed E-state index contributed by atoms with van der Waals surface area (Å²) >= 11 is 0. The van der Waals surface area contributed by atoms with Crippen molar-refractivity contribution in [2.75, 3.05) is 6.61 Å². The number of hydrogen-bond donors (Lipinski definition) is 2. The molecule has 0 unspecified atom stereocenters. The van der Waals surface area contributed by atoms with E-state index in [1.165, 1.54) is 6.92 Å². The molecule has 2 atom stereocenters. The van der Waals surface area contributed by atoms with Crippen LogP contribution in [0.5, 0.6) is 0 Å². The number of hydrogen-bond acceptors (Lipinski definition) is 4. The van der Waals surface area contributed by atoms with Crippen molar-refractivity contribution in [2.24, 2.45) is 0 Å². The lowest BCUT2D eigenvalue weighted by Crippen LogP contribution is -2.53. The van der Waals surface area contributed by atoms with Crippen molar-refractivity contribution in [3.8, 4) is 0 Å². The average Bonchev–Trinajstić information content (AvgIpc) is 2.10. The molecule has 0 saturated carbocycles. The van der Waals surface area contributed by atoms with Crippen molar-refractivity contribution in [3.05, 3.63) is 0 Å². The minimum atomic E-state index is -0.897. The third kappa shape index (κ3) is 2.10. The Labute approximate surface area is 82.3 Å². The lowest BCUT2D eigenvalue weighted by atomic mass is 10.0. The number of piperidine rings is 1. The molecule has 1 aliphatic rings. The van der Waals surface area contributed by atoms with Gasteiger partial charge >= 0.3 is 0 Å². The zero-order chi connectivity index (χ0) is 10.7. The molecule has 5 nitrogen and oxygen atoms in total. The Morgan fingerprint density at radius 1 is 1.36 bits per heavy atom. The van der Waals surface area contributed by atoms with Gasteiger partial charge in [0, 0.05) is 12.8 Å². The van der Waals surface area contributed by atoms with Crippen LogP contribution in [0.25, 0.3) is 0 Å². The number of rotatable bonds is 3. The molecule has 0 aromatic carbocycles. The fourth-order valence-electron chi connectivity index (χ4n) is 1.59. The number of aliphatic hydroxyl groups is 2. The fourth-order valence-corrected chi connectivity index (χ4v) is 1.59. The van der Waals surface area contributed by atoms with E-state index in [-0.39, 0.29) is 11.8 Å². The second-order valence-corrected chi connectivity index (χ2v) is 3.50. The highest BCUT2D eigenvalue weighted by molar-refractivity contribution is 5.97. The standard InChI is InChI=1S/C9H15NO4/c1-6(12)7(5-11)10-8(13)3-2-4-9(10)14/h6-7,11-12H,2-5H2,1H3/t6-,7-/m1/s1. The molecule has 0 radical (unpaired) electrons. The largest absolute Gasteiger partial charge is 0.394 e. The molecule has 5 heteroatoms. The molecule has 0 spiro atoms. The van der Waals surface area contributed by atoms with Crippen molar-refractivity contribution in [1.29, 1.82) is 0 Å². The molecule has 2 N–H and O–H groups in total. The zero-order valence-corrected chi connectivity index (χ0v) is 8.14. The normalized spacial score (nSPS) is 22.4. The number of nitrogens with zero attached hydrogens (tertiary/aromatic N) is 1. The molecular formula is C9H15NO4. The predicted octanol–water partition coefficient (Wildman–Crippen LogP) is -0.733. The molecular weight excluding hydrogens is 186 g/mol. The summed E-state index contributed by atoms with van der Waals surface area (Å²) in [5.74, 6) is -0.609. The minimum absolute atomic E-state index is 0.304. The first kappa shape index (κ1) is 11.1. The SMILES string of the molecule is C[C@@H](O)[C@@H](CO)N1C(=O)CCCC1=O. The van der Waals surface area contributed by atoms with E-state index in [4.69, 9.17) is 5.11 Å². The van der Waals surface area contributed by atoms with Crippen LogP contribution in [0.1, 0.15) is 26.2 Å². The third-order valence-corrected chi connectivity index (χ3v) is 2.39. The maximum absolute atomic E-state index is 11.4. The van der Waals surface area contributed by atoms with Gasteiger partial charge < -0.3 is 10.2 Å². The van der Waals surface area contributed by atoms with E-state index in [0.717, 1.165) is 4.90 Å². The molecule has 0 aliphatic carbocycles. The molecule has 14 heavy (non-hydrogen) atoms. The van der Waals surface area contributed by atoms with Crippen LogP contribution in [0.4, 0.5) is 0 Å². The van der Waals surface area contributed by atoms with Gasteiger partial charge in [0.05, 0.1) is 18.8 Å². The van der Waals surface area contributed by atoms with Crippen LogP contribution in [0.3, 0.4) is 0 Å². The Morgan fingerprint density at radius 2 is 1.86 bits per heavy atom. The van der Waals surface area contributed by atoms with Gasteiger partial charge in [-0.05, 0) is 13.3 Å². The van der Waals surface area contributed by atoms with Crippen LogP contribution in [-0.2, 0) is 9.59 Å². The van der Waals surface area contributed by atoms with E-state index < -0.39 is 18.8 Å². The van der Waals surface area contributed by atoms with Crippen LogP contribution in [0.15, 0.2) is 0 Å². The molecule has 0 aromatic heterocycles. The number of carbonyl (C=O) groups is 2. The molecule has 1 aliphatic heterocycles. The Balaban J connectivity index is 2.80. The highest BCUT2D eigenvalue weighted by atomic mass is 16.3. The lowest BCUT2D eigenvalue weighted by Gasteiger charge is -2.33. The Hall–Kier alpha value is -0.940. The molecule has 0 aromatic rings. The van der Waals surface area contributed by atoms with E-state index in [0.29, 0.717) is 19.3 Å². The van der Waals surface area contributed by atoms with Crippen LogP contribution < -0.4 is 0 Å². The summed E-state index contributed by atoms with van der Waals surface area (Å²) in [5.41, 5.74) is 0. The zero-order valence-electron chi connectivity index (χ0n) is 8.14. The fraction of sp³-hybridized carbons (Fsp3) is 0.778. The number of carbonyl (C=O) groups excluding carboxylic acids is 2. The van der Waals surface area contributed by atoms with E-state index in [9.17, 15) is 14.7 Å². The summed E-state index contributed by atoms with van der Waals surface area (Å²) in [6, 6.07) is -0.796. The molecule has 1 fully saturated rings. The highest BCUT2D eigenvalue weighted by Crippen LogP contribution is 2.17. The van der Waals surface area contributed by atoms with Gasteiger partial charge in [-0.1, -0.05) is 0 Å². The maximum atomic E-state index is 11.4. The molecule has 1 saturated heterocycles. The Bertz CT molecular complexity index is 223. The van der Waals surface area contributed by atoms with Crippen molar-refractivity contribution in [2.45, 2.75) is 38.3 Å². The van der Waals surface area contributed by atoms with E-state index in [1.54, 1.807) is 0 Å². The molecule has 80 valence electrons. The van der Waals surface area contributed by atoms with Gasteiger partial charge in [0.2, 0.25) is 11.8 Å². The van der Waals surface area contributed by atoms with Crippen LogP contribution >= 0.6 is 0 Å². The first-order chi connectivity index (χ1) is 6.57. The second-order valence-electron chi connectivity index (χ2n) is 3.50. The average molecular weight is 201 g/mol. The number of aliphatic hydroxyl groups excluding tert-OH is 2. The minimum Gasteiger partial charge on any atom is -0.394 e. The Kier molecular flexibility index (Phi) is 3.60. The van der Waals surface area contributed by atoms with Crippen LogP contribution in [-0.4, -0.2) is 45.7 Å². The number of amides is 2. The van der Waals surface area contributed by atoms with Gasteiger partial charge in [-0.15, -0.1) is 0 Å². The van der Waals surface area contributed by atoms with E-state index >= 15 is 0 Å². The second kappa shape index (κ2) is 4.52. The van der Waals surface area contributed by atoms with Crippen LogP contribution in [0, 0.1) is 0 Å². The summed E-state index contributed by atoms with van der Waals surface area (Å²) in [4.78, 5) is 23.8. The van der Waals surface area contributed by atoms with Gasteiger partial charge in [-0.25, -0.2) is 0 Å². The van der Waals surface area contributed by atoms with Crippen molar-refractivity contribution >= 4 is 11.8 Å². The Morgan fingerprint density at radius 3 is 2.21 bits per heavy atom. The molecule has 1 rings (SSSR count). The molecule has 1 heterocycles. The smallest absolute Gasteiger partial charge is 0.229 e. The molecule has 2 amide bonds. The predicted molar refractivity (Wildman–Crippen MR) is 48.3 cm³/mol. The van der Waals surface area contributed by atoms with Gasteiger partial charge in [0.1, 0.15) is 0 Å². The summed E-state index contributed by atoms with van der Waals surface area (Å²) < 4.78 is 0. The summed E-state index contributed by atoms with van der Waals surface area (Å²) in [6.45, 7) is 1.06. The van der Waals surface area contributed by atoms with Gasteiger partial charge in [-0.3, -0.25) is 14.5 Å². The van der Waals surface area contributed by atoms with E-state index in [1.807, 2.05) is 0 Å². The topological polar surface area (TPSA) is 77.8 Å². The summed E-state index contributed by atoms with van der Waals surface area (Å²) in [5, 5.41) is 18.3. The van der Waals surface area contributed by atoms with Crippen molar-refractivity contribution in [3.63, 3.8) is 0 Å². The van der Waals surface area contributed by atoms with Crippen molar-refractivity contribution in [1.82, 2.24) is 4.90 Å². The first-order valence-corrected chi connectivity index (χ1v) is 4.71. The van der Waals surface area contributed by atoms with Crippen LogP contribution in [0.2, 0.25) is 0 Å². The third-order valence-electron chi connectivity index (χ3n) is 2.39. The summed E-state index contributed by atoms with van der Waals surface area (Å²) in [6.07, 6.45) is 0.293. The van der Waals surface area contributed by atoms with Gasteiger partial charge in [0.15, 0.2) is 0 Å². The highest BCUT2D eigenvalue weighted by Gasteiger charge is 2.34. The quantitative estimate of drug-likeness (QED) is 0.590. The van der Waals surface area contributed by atoms with Crippen molar-refractivity contribution < 1.29 is 19.8 Å². The maximum Gasteiger partial charge on any atom is 0.229 e. The molecule has 0 bridgehead atoms. The van der Waals surface area contributed by atoms with Gasteiger partial charge in [0.25, 0.3) is 0 Å². The number of imide groups is 1. The number of likely N-dealkylation sites (tertiary alicyclic amines) is 1. The first-order valence-electron chi connectivity index (χ1n) is 4.71. The monoisotopic (exact) mass is 201 g/mol. The van der Waals surface area contributed by atoms with Gasteiger partial charge in [-0.2, -0.15) is 0 Å². The summed E-state index contributed by atoms with van der Waals surface area (Å²) in [7, 11) is 0.